The summed E-state index contributed by atoms with van der Waals surface area (Å²) in [5.41, 5.74) is 4.40. The number of hydrazine groups is 1. The molecule has 0 saturated carbocycles. The van der Waals surface area contributed by atoms with Crippen LogP contribution < -0.4 is 21.3 Å². The molecule has 0 atom stereocenters. The first-order chi connectivity index (χ1) is 9.21. The second kappa shape index (κ2) is 6.01. The van der Waals surface area contributed by atoms with Crippen molar-refractivity contribution in [1.29, 1.82) is 0 Å². The van der Waals surface area contributed by atoms with E-state index in [2.05, 4.69) is 20.7 Å². The van der Waals surface area contributed by atoms with Crippen molar-refractivity contribution >= 4 is 11.8 Å². The van der Waals surface area contributed by atoms with Gasteiger partial charge in [-0.1, -0.05) is 12.1 Å². The summed E-state index contributed by atoms with van der Waals surface area (Å²) in [5, 5.41) is 3.23. The highest BCUT2D eigenvalue weighted by Gasteiger charge is 2.01. The summed E-state index contributed by atoms with van der Waals surface area (Å²) in [6.45, 7) is 2.54. The molecule has 1 aromatic carbocycles. The number of nitrogens with one attached hydrogen (secondary N) is 2. The van der Waals surface area contributed by atoms with Gasteiger partial charge in [0.2, 0.25) is 5.95 Å². The van der Waals surface area contributed by atoms with Crippen molar-refractivity contribution in [3.63, 3.8) is 0 Å². The molecule has 0 spiro atoms. The van der Waals surface area contributed by atoms with E-state index in [9.17, 15) is 0 Å². The van der Waals surface area contributed by atoms with Crippen LogP contribution in [0.1, 0.15) is 11.3 Å². The summed E-state index contributed by atoms with van der Waals surface area (Å²) in [6.07, 6.45) is 0. The first-order valence-electron chi connectivity index (χ1n) is 5.90. The molecule has 0 aliphatic carbocycles. The van der Waals surface area contributed by atoms with Crippen LogP contribution in [0.3, 0.4) is 0 Å². The highest BCUT2D eigenvalue weighted by molar-refractivity contribution is 5.42. The lowest BCUT2D eigenvalue weighted by Gasteiger charge is -2.09. The standard InChI is InChI=1S/C13H17N5O/c1-9-6-12(17-13(16-9)18-14)15-8-10-4-3-5-11(7-10)19-2/h3-7H,8,14H2,1-2H3,(H2,15,16,17,18). The van der Waals surface area contributed by atoms with E-state index in [1.54, 1.807) is 7.11 Å². The first-order valence-corrected chi connectivity index (χ1v) is 5.90. The molecule has 0 saturated heterocycles. The summed E-state index contributed by atoms with van der Waals surface area (Å²) in [4.78, 5) is 8.35. The lowest BCUT2D eigenvalue weighted by molar-refractivity contribution is 0.414. The average Bonchev–Trinajstić information content (AvgIpc) is 2.44. The molecule has 6 heteroatoms. The predicted octanol–water partition coefficient (Wildman–Crippen LogP) is 1.69. The van der Waals surface area contributed by atoms with Gasteiger partial charge in [-0.15, -0.1) is 0 Å². The van der Waals surface area contributed by atoms with Crippen LogP contribution in [-0.2, 0) is 6.54 Å². The van der Waals surface area contributed by atoms with Crippen molar-refractivity contribution in [3.8, 4) is 5.75 Å². The zero-order valence-electron chi connectivity index (χ0n) is 11.0. The first kappa shape index (κ1) is 13.1. The Morgan fingerprint density at radius 3 is 2.84 bits per heavy atom. The van der Waals surface area contributed by atoms with Gasteiger partial charge in [-0.3, -0.25) is 5.43 Å². The fourth-order valence-corrected chi connectivity index (χ4v) is 1.70. The third-order valence-electron chi connectivity index (χ3n) is 2.59. The van der Waals surface area contributed by atoms with E-state index in [0.29, 0.717) is 12.5 Å². The maximum atomic E-state index is 5.31. The molecule has 2 rings (SSSR count). The van der Waals surface area contributed by atoms with Gasteiger partial charge < -0.3 is 10.1 Å². The second-order valence-corrected chi connectivity index (χ2v) is 4.07. The Bertz CT molecular complexity index is 558. The lowest BCUT2D eigenvalue weighted by Crippen LogP contribution is -2.12. The van der Waals surface area contributed by atoms with Gasteiger partial charge in [0.25, 0.3) is 0 Å². The minimum absolute atomic E-state index is 0.396. The maximum Gasteiger partial charge on any atom is 0.239 e. The Kier molecular flexibility index (Phi) is 4.15. The van der Waals surface area contributed by atoms with Crippen LogP contribution in [0.25, 0.3) is 0 Å². The molecule has 2 aromatic rings. The van der Waals surface area contributed by atoms with E-state index in [0.717, 1.165) is 22.8 Å². The van der Waals surface area contributed by atoms with E-state index < -0.39 is 0 Å². The number of aryl methyl sites for hydroxylation is 1. The van der Waals surface area contributed by atoms with Gasteiger partial charge in [-0.25, -0.2) is 10.8 Å². The minimum Gasteiger partial charge on any atom is -0.497 e. The summed E-state index contributed by atoms with van der Waals surface area (Å²) in [7, 11) is 1.65. The Hall–Kier alpha value is -2.34. The monoisotopic (exact) mass is 259 g/mol. The van der Waals surface area contributed by atoms with Gasteiger partial charge in [0.05, 0.1) is 7.11 Å². The normalized spacial score (nSPS) is 10.1. The molecule has 4 N–H and O–H groups in total. The van der Waals surface area contributed by atoms with Crippen LogP contribution in [0.2, 0.25) is 0 Å². The molecule has 19 heavy (non-hydrogen) atoms. The van der Waals surface area contributed by atoms with E-state index in [1.165, 1.54) is 0 Å². The van der Waals surface area contributed by atoms with Crippen LogP contribution in [0, 0.1) is 6.92 Å². The zero-order chi connectivity index (χ0) is 13.7. The Balaban J connectivity index is 2.07. The lowest BCUT2D eigenvalue weighted by atomic mass is 10.2. The molecular weight excluding hydrogens is 242 g/mol. The van der Waals surface area contributed by atoms with Crippen LogP contribution in [0.4, 0.5) is 11.8 Å². The van der Waals surface area contributed by atoms with Gasteiger partial charge >= 0.3 is 0 Å². The van der Waals surface area contributed by atoms with Crippen LogP contribution in [0.15, 0.2) is 30.3 Å². The highest BCUT2D eigenvalue weighted by atomic mass is 16.5. The van der Waals surface area contributed by atoms with Crippen LogP contribution >= 0.6 is 0 Å². The molecule has 1 heterocycles. The van der Waals surface area contributed by atoms with E-state index in [4.69, 9.17) is 10.6 Å². The van der Waals surface area contributed by atoms with E-state index in [-0.39, 0.29) is 0 Å². The van der Waals surface area contributed by atoms with Crippen molar-refractivity contribution in [2.45, 2.75) is 13.5 Å². The quantitative estimate of drug-likeness (QED) is 0.559. The molecule has 0 unspecified atom stereocenters. The van der Waals surface area contributed by atoms with Crippen molar-refractivity contribution in [1.82, 2.24) is 9.97 Å². The van der Waals surface area contributed by atoms with Crippen molar-refractivity contribution in [3.05, 3.63) is 41.6 Å². The molecule has 100 valence electrons. The molecule has 0 radical (unpaired) electrons. The fourth-order valence-electron chi connectivity index (χ4n) is 1.70. The predicted molar refractivity (Wildman–Crippen MR) is 74.9 cm³/mol. The molecule has 0 aliphatic heterocycles. The van der Waals surface area contributed by atoms with Gasteiger partial charge in [0, 0.05) is 18.3 Å². The summed E-state index contributed by atoms with van der Waals surface area (Å²) in [6, 6.07) is 9.72. The number of hydrogen-bond donors (Lipinski definition) is 3. The number of benzene rings is 1. The van der Waals surface area contributed by atoms with Gasteiger partial charge in [0.1, 0.15) is 11.6 Å². The molecule has 0 fully saturated rings. The SMILES string of the molecule is COc1cccc(CNc2cc(C)nc(NN)n2)c1. The molecule has 1 aromatic heterocycles. The summed E-state index contributed by atoms with van der Waals surface area (Å²) in [5.74, 6) is 7.27. The third kappa shape index (κ3) is 3.56. The maximum absolute atomic E-state index is 5.31. The number of aromatic nitrogens is 2. The Morgan fingerprint density at radius 2 is 2.11 bits per heavy atom. The largest absolute Gasteiger partial charge is 0.497 e. The zero-order valence-corrected chi connectivity index (χ0v) is 11.0. The number of nitrogen functional groups attached to an aromatic ring is 1. The number of nitrogens with two attached hydrogens (primary N) is 1. The average molecular weight is 259 g/mol. The summed E-state index contributed by atoms with van der Waals surface area (Å²) >= 11 is 0. The molecule has 6 nitrogen and oxygen atoms in total. The number of hydrogen-bond acceptors (Lipinski definition) is 6. The van der Waals surface area contributed by atoms with Crippen molar-refractivity contribution in [2.24, 2.45) is 5.84 Å². The Labute approximate surface area is 112 Å². The number of nitrogens with zero attached hydrogens (tertiary/aromatic N) is 2. The Morgan fingerprint density at radius 1 is 1.26 bits per heavy atom. The second-order valence-electron chi connectivity index (χ2n) is 4.07. The molecule has 0 amide bonds. The van der Waals surface area contributed by atoms with Gasteiger partial charge in [-0.2, -0.15) is 4.98 Å². The molecule has 0 aliphatic rings. The molecular formula is C13H17N5O. The highest BCUT2D eigenvalue weighted by Crippen LogP contribution is 2.14. The molecule has 0 bridgehead atoms. The number of rotatable bonds is 5. The van der Waals surface area contributed by atoms with E-state index in [1.807, 2.05) is 37.3 Å². The minimum atomic E-state index is 0.396. The topological polar surface area (TPSA) is 85.1 Å². The third-order valence-corrected chi connectivity index (χ3v) is 2.59. The number of methoxy groups -OCH3 is 1. The van der Waals surface area contributed by atoms with Gasteiger partial charge in [0.15, 0.2) is 0 Å². The smallest absolute Gasteiger partial charge is 0.239 e. The summed E-state index contributed by atoms with van der Waals surface area (Å²) < 4.78 is 5.18. The van der Waals surface area contributed by atoms with Crippen molar-refractivity contribution < 1.29 is 4.74 Å². The van der Waals surface area contributed by atoms with E-state index >= 15 is 0 Å². The van der Waals surface area contributed by atoms with Crippen LogP contribution in [0.5, 0.6) is 5.75 Å². The van der Waals surface area contributed by atoms with Crippen LogP contribution in [-0.4, -0.2) is 17.1 Å². The number of ether oxygens (including phenoxy) is 1. The fraction of sp³-hybridized carbons (Fsp3) is 0.231. The number of anilines is 2. The van der Waals surface area contributed by atoms with Gasteiger partial charge in [-0.05, 0) is 24.6 Å². The van der Waals surface area contributed by atoms with Crippen molar-refractivity contribution in [2.75, 3.05) is 17.9 Å².